The Labute approximate surface area is 92.1 Å². The Hall–Kier alpha value is -1.91. The van der Waals surface area contributed by atoms with Crippen LogP contribution in [0, 0.1) is 5.92 Å². The van der Waals surface area contributed by atoms with Crippen molar-refractivity contribution in [3.05, 3.63) is 39.8 Å². The van der Waals surface area contributed by atoms with Gasteiger partial charge in [-0.25, -0.2) is 9.89 Å². The molecule has 1 heterocycles. The Bertz CT molecular complexity index is 584. The van der Waals surface area contributed by atoms with Gasteiger partial charge in [0, 0.05) is 0 Å². The van der Waals surface area contributed by atoms with E-state index in [0.717, 1.165) is 18.5 Å². The third-order valence-electron chi connectivity index (χ3n) is 3.07. The molecular weight excluding hydrogens is 204 g/mol. The summed E-state index contributed by atoms with van der Waals surface area (Å²) in [4.78, 5) is 11.5. The Morgan fingerprint density at radius 1 is 1.44 bits per heavy atom. The number of hydrogen-bond acceptors (Lipinski definition) is 3. The molecule has 0 saturated heterocycles. The second kappa shape index (κ2) is 3.30. The van der Waals surface area contributed by atoms with Crippen LogP contribution in [-0.2, 0) is 12.8 Å². The van der Waals surface area contributed by atoms with Gasteiger partial charge in [0.15, 0.2) is 0 Å². The van der Waals surface area contributed by atoms with Gasteiger partial charge < -0.3 is 0 Å². The highest BCUT2D eigenvalue weighted by atomic mass is 16.2. The van der Waals surface area contributed by atoms with Crippen molar-refractivity contribution in [1.29, 1.82) is 0 Å². The fourth-order valence-electron chi connectivity index (χ4n) is 2.40. The fraction of sp³-hybridized carbons (Fsp3) is 0.364. The first-order valence-corrected chi connectivity index (χ1v) is 5.37. The molecule has 1 aromatic heterocycles. The lowest BCUT2D eigenvalue weighted by atomic mass is 10.1. The maximum absolute atomic E-state index is 11.5. The lowest BCUT2D eigenvalue weighted by molar-refractivity contribution is 0.625. The number of benzene rings is 1. The third-order valence-corrected chi connectivity index (χ3v) is 3.07. The molecule has 1 unspecified atom stereocenters. The molecule has 1 aliphatic rings. The summed E-state index contributed by atoms with van der Waals surface area (Å²) in [7, 11) is 0. The fourth-order valence-corrected chi connectivity index (χ4v) is 2.40. The van der Waals surface area contributed by atoms with E-state index in [2.05, 4.69) is 28.5 Å². The average Bonchev–Trinajstić information content (AvgIpc) is 2.82. The van der Waals surface area contributed by atoms with Crippen molar-refractivity contribution in [1.82, 2.24) is 20.2 Å². The number of hydrogen-bond donors (Lipinski definition) is 1. The third kappa shape index (κ3) is 1.28. The molecule has 0 fully saturated rings. The van der Waals surface area contributed by atoms with Crippen LogP contribution in [-0.4, -0.2) is 20.2 Å². The highest BCUT2D eigenvalue weighted by Crippen LogP contribution is 2.30. The van der Waals surface area contributed by atoms with E-state index in [1.54, 1.807) is 0 Å². The summed E-state index contributed by atoms with van der Waals surface area (Å²) >= 11 is 0. The van der Waals surface area contributed by atoms with Crippen LogP contribution in [0.25, 0.3) is 5.69 Å². The van der Waals surface area contributed by atoms with Gasteiger partial charge in [-0.1, -0.05) is 19.1 Å². The first kappa shape index (κ1) is 9.33. The molecule has 5 heteroatoms. The van der Waals surface area contributed by atoms with Crippen LogP contribution in [0.2, 0.25) is 0 Å². The number of tetrazole rings is 1. The first-order valence-electron chi connectivity index (χ1n) is 5.37. The zero-order valence-corrected chi connectivity index (χ0v) is 8.97. The van der Waals surface area contributed by atoms with E-state index >= 15 is 0 Å². The molecule has 0 aliphatic heterocycles. The monoisotopic (exact) mass is 216 g/mol. The molecule has 5 nitrogen and oxygen atoms in total. The van der Waals surface area contributed by atoms with Gasteiger partial charge in [-0.15, -0.1) is 0 Å². The summed E-state index contributed by atoms with van der Waals surface area (Å²) in [5.74, 6) is 0.638. The average molecular weight is 216 g/mol. The smallest absolute Gasteiger partial charge is 0.244 e. The van der Waals surface area contributed by atoms with Crippen LogP contribution in [0.15, 0.2) is 23.0 Å². The van der Waals surface area contributed by atoms with Gasteiger partial charge in [-0.2, -0.15) is 4.68 Å². The van der Waals surface area contributed by atoms with E-state index in [-0.39, 0.29) is 5.69 Å². The van der Waals surface area contributed by atoms with Gasteiger partial charge in [0.1, 0.15) is 0 Å². The minimum absolute atomic E-state index is 0.284. The van der Waals surface area contributed by atoms with Gasteiger partial charge >= 0.3 is 5.69 Å². The van der Waals surface area contributed by atoms with Crippen LogP contribution in [0.5, 0.6) is 0 Å². The molecule has 1 aromatic carbocycles. The van der Waals surface area contributed by atoms with Crippen molar-refractivity contribution < 1.29 is 0 Å². The Balaban J connectivity index is 2.21. The lowest BCUT2D eigenvalue weighted by Crippen LogP contribution is -2.17. The zero-order valence-electron chi connectivity index (χ0n) is 8.97. The molecule has 0 spiro atoms. The predicted octanol–water partition coefficient (Wildman–Crippen LogP) is 0.690. The summed E-state index contributed by atoms with van der Waals surface area (Å²) in [6.45, 7) is 2.22. The Morgan fingerprint density at radius 2 is 2.31 bits per heavy atom. The summed E-state index contributed by atoms with van der Waals surface area (Å²) in [6.07, 6.45) is 2.08. The van der Waals surface area contributed by atoms with E-state index in [4.69, 9.17) is 0 Å². The van der Waals surface area contributed by atoms with E-state index in [9.17, 15) is 4.79 Å². The maximum atomic E-state index is 11.5. The largest absolute Gasteiger partial charge is 0.365 e. The maximum Gasteiger partial charge on any atom is 0.365 e. The second-order valence-electron chi connectivity index (χ2n) is 4.35. The molecule has 1 atom stereocenters. The quantitative estimate of drug-likeness (QED) is 0.762. The Morgan fingerprint density at radius 3 is 3.06 bits per heavy atom. The lowest BCUT2D eigenvalue weighted by Gasteiger charge is -2.05. The van der Waals surface area contributed by atoms with Crippen molar-refractivity contribution in [3.63, 3.8) is 0 Å². The van der Waals surface area contributed by atoms with Crippen molar-refractivity contribution in [3.8, 4) is 5.69 Å². The van der Waals surface area contributed by atoms with Crippen LogP contribution in [0.1, 0.15) is 18.1 Å². The molecule has 0 amide bonds. The number of nitrogens with zero attached hydrogens (tertiary/aromatic N) is 3. The van der Waals surface area contributed by atoms with Gasteiger partial charge in [-0.3, -0.25) is 0 Å². The van der Waals surface area contributed by atoms with E-state index < -0.39 is 0 Å². The van der Waals surface area contributed by atoms with Gasteiger partial charge in [0.25, 0.3) is 0 Å². The SMILES string of the molecule is CC1Cc2cccc(-n3nn[nH]c3=O)c2C1. The number of aromatic nitrogens is 4. The zero-order chi connectivity index (χ0) is 11.1. The van der Waals surface area contributed by atoms with Gasteiger partial charge in [-0.05, 0) is 46.4 Å². The molecule has 3 rings (SSSR count). The highest BCUT2D eigenvalue weighted by Gasteiger charge is 2.22. The molecule has 0 radical (unpaired) electrons. The number of fused-ring (bicyclic) bond motifs is 1. The first-order chi connectivity index (χ1) is 7.75. The minimum Gasteiger partial charge on any atom is -0.244 e. The van der Waals surface area contributed by atoms with E-state index in [1.807, 2.05) is 12.1 Å². The summed E-state index contributed by atoms with van der Waals surface area (Å²) in [6, 6.07) is 6.00. The molecule has 16 heavy (non-hydrogen) atoms. The van der Waals surface area contributed by atoms with E-state index in [1.165, 1.54) is 15.8 Å². The Kier molecular flexibility index (Phi) is 1.92. The summed E-state index contributed by atoms with van der Waals surface area (Å²) < 4.78 is 1.33. The van der Waals surface area contributed by atoms with Crippen molar-refractivity contribution in [2.45, 2.75) is 19.8 Å². The summed E-state index contributed by atoms with van der Waals surface area (Å²) in [5.41, 5.74) is 3.12. The minimum atomic E-state index is -0.284. The van der Waals surface area contributed by atoms with Crippen LogP contribution in [0.4, 0.5) is 0 Å². The highest BCUT2D eigenvalue weighted by molar-refractivity contribution is 5.47. The van der Waals surface area contributed by atoms with Crippen molar-refractivity contribution in [2.75, 3.05) is 0 Å². The standard InChI is InChI=1S/C11H12N4O/c1-7-5-8-3-2-4-10(9(8)6-7)15-11(16)12-13-14-15/h2-4,7H,5-6H2,1H3,(H,12,14,16). The molecule has 2 aromatic rings. The molecule has 0 bridgehead atoms. The molecule has 82 valence electrons. The van der Waals surface area contributed by atoms with E-state index in [0.29, 0.717) is 5.92 Å². The molecule has 1 aliphatic carbocycles. The second-order valence-corrected chi connectivity index (χ2v) is 4.35. The van der Waals surface area contributed by atoms with Crippen LogP contribution >= 0.6 is 0 Å². The number of nitrogens with one attached hydrogen (secondary N) is 1. The van der Waals surface area contributed by atoms with Gasteiger partial charge in [0.2, 0.25) is 0 Å². The van der Waals surface area contributed by atoms with Crippen molar-refractivity contribution >= 4 is 0 Å². The van der Waals surface area contributed by atoms with Crippen LogP contribution < -0.4 is 5.69 Å². The number of H-pyrrole nitrogens is 1. The normalized spacial score (nSPS) is 18.7. The molecule has 0 saturated carbocycles. The van der Waals surface area contributed by atoms with Gasteiger partial charge in [0.05, 0.1) is 5.69 Å². The predicted molar refractivity (Wildman–Crippen MR) is 58.6 cm³/mol. The summed E-state index contributed by atoms with van der Waals surface area (Å²) in [5, 5.41) is 9.62. The van der Waals surface area contributed by atoms with Crippen LogP contribution in [0.3, 0.4) is 0 Å². The molecular formula is C11H12N4O. The van der Waals surface area contributed by atoms with Crippen molar-refractivity contribution in [2.24, 2.45) is 5.92 Å². The molecule has 1 N–H and O–H groups in total. The number of aromatic amines is 1. The topological polar surface area (TPSA) is 63.6 Å². The number of rotatable bonds is 1.